The molecule has 0 aliphatic heterocycles. The monoisotopic (exact) mass is 408 g/mol. The van der Waals surface area contributed by atoms with Crippen molar-refractivity contribution < 1.29 is 14.3 Å². The van der Waals surface area contributed by atoms with E-state index in [1.165, 1.54) is 6.08 Å². The first-order valence-electron chi connectivity index (χ1n) is 9.48. The van der Waals surface area contributed by atoms with Gasteiger partial charge in [-0.1, -0.05) is 18.2 Å². The van der Waals surface area contributed by atoms with Gasteiger partial charge in [-0.3, -0.25) is 4.98 Å². The molecule has 0 amide bonds. The number of aryl methyl sites for hydroxylation is 3. The van der Waals surface area contributed by atoms with Gasteiger partial charge >= 0.3 is 5.97 Å². The van der Waals surface area contributed by atoms with E-state index in [1.807, 2.05) is 55.9 Å². The van der Waals surface area contributed by atoms with Gasteiger partial charge in [0.2, 0.25) is 0 Å². The Bertz CT molecular complexity index is 982. The van der Waals surface area contributed by atoms with Crippen LogP contribution in [0.4, 0.5) is 0 Å². The number of hydrogen-bond donors (Lipinski definition) is 0. The first-order valence-corrected chi connectivity index (χ1v) is 10.4. The summed E-state index contributed by atoms with van der Waals surface area (Å²) < 4.78 is 11.0. The van der Waals surface area contributed by atoms with Crippen molar-refractivity contribution in [1.29, 1.82) is 0 Å². The number of hydrogen-bond acceptors (Lipinski definition) is 6. The molecule has 150 valence electrons. The highest BCUT2D eigenvalue weighted by Gasteiger charge is 2.02. The number of carbonyl (C=O) groups is 1. The third-order valence-corrected chi connectivity index (χ3v) is 4.93. The number of rotatable bonds is 9. The van der Waals surface area contributed by atoms with Crippen LogP contribution in [0, 0.1) is 13.8 Å². The highest BCUT2D eigenvalue weighted by molar-refractivity contribution is 7.09. The van der Waals surface area contributed by atoms with Crippen molar-refractivity contribution in [2.75, 3.05) is 6.61 Å². The van der Waals surface area contributed by atoms with Crippen LogP contribution >= 0.6 is 11.3 Å². The third-order valence-electron chi connectivity index (χ3n) is 4.11. The average molecular weight is 409 g/mol. The van der Waals surface area contributed by atoms with Crippen molar-refractivity contribution in [3.8, 4) is 5.75 Å². The van der Waals surface area contributed by atoms with Crippen molar-refractivity contribution in [2.24, 2.45) is 0 Å². The van der Waals surface area contributed by atoms with Gasteiger partial charge in [0.15, 0.2) is 0 Å². The molecular formula is C23H24N2O3S. The summed E-state index contributed by atoms with van der Waals surface area (Å²) in [6.45, 7) is 4.79. The molecule has 29 heavy (non-hydrogen) atoms. The average Bonchev–Trinajstić information content (AvgIpc) is 3.14. The van der Waals surface area contributed by atoms with Gasteiger partial charge in [-0.15, -0.1) is 11.3 Å². The van der Waals surface area contributed by atoms with Crippen LogP contribution in [0.5, 0.6) is 5.75 Å². The van der Waals surface area contributed by atoms with E-state index < -0.39 is 0 Å². The molecule has 0 bridgehead atoms. The molecule has 2 aromatic heterocycles. The maximum absolute atomic E-state index is 11.9. The smallest absolute Gasteiger partial charge is 0.330 e. The Morgan fingerprint density at radius 1 is 1.21 bits per heavy atom. The molecule has 0 aliphatic rings. The van der Waals surface area contributed by atoms with E-state index in [0.29, 0.717) is 13.2 Å². The van der Waals surface area contributed by atoms with Crippen LogP contribution in [0.15, 0.2) is 54.2 Å². The zero-order valence-corrected chi connectivity index (χ0v) is 17.4. The number of pyridine rings is 1. The molecule has 0 saturated carbocycles. The van der Waals surface area contributed by atoms with Crippen LogP contribution in [0.1, 0.15) is 33.8 Å². The van der Waals surface area contributed by atoms with Crippen LogP contribution in [-0.2, 0) is 22.6 Å². The molecule has 0 N–H and O–H groups in total. The van der Waals surface area contributed by atoms with E-state index in [0.717, 1.165) is 46.0 Å². The van der Waals surface area contributed by atoms with E-state index in [9.17, 15) is 4.79 Å². The Kier molecular flexibility index (Phi) is 7.53. The van der Waals surface area contributed by atoms with Crippen LogP contribution < -0.4 is 4.74 Å². The van der Waals surface area contributed by atoms with E-state index >= 15 is 0 Å². The Hall–Kier alpha value is -2.99. The second kappa shape index (κ2) is 10.5. The van der Waals surface area contributed by atoms with Crippen molar-refractivity contribution in [2.45, 2.75) is 33.3 Å². The zero-order chi connectivity index (χ0) is 20.5. The molecule has 2 heterocycles. The van der Waals surface area contributed by atoms with Gasteiger partial charge in [0.25, 0.3) is 0 Å². The fourth-order valence-electron chi connectivity index (χ4n) is 2.76. The van der Waals surface area contributed by atoms with Crippen molar-refractivity contribution in [3.63, 3.8) is 0 Å². The molecule has 0 radical (unpaired) electrons. The van der Waals surface area contributed by atoms with Crippen molar-refractivity contribution in [1.82, 2.24) is 9.97 Å². The molecule has 0 saturated heterocycles. The lowest BCUT2D eigenvalue weighted by atomic mass is 10.1. The largest absolute Gasteiger partial charge is 0.487 e. The standard InChI is InChI=1S/C23H24N2O3S/c1-17-11-20(14-24-13-17)6-4-10-27-23(26)9-8-19-5-3-7-22(12-19)28-15-21-16-29-18(2)25-21/h3,5,7-9,11-14,16H,4,6,10,15H2,1-2H3/b9-8+. The van der Waals surface area contributed by atoms with Gasteiger partial charge in [-0.05, 0) is 61.6 Å². The summed E-state index contributed by atoms with van der Waals surface area (Å²) in [4.78, 5) is 20.5. The summed E-state index contributed by atoms with van der Waals surface area (Å²) in [5, 5.41) is 3.01. The van der Waals surface area contributed by atoms with Crippen molar-refractivity contribution in [3.05, 3.63) is 81.6 Å². The Morgan fingerprint density at radius 2 is 2.10 bits per heavy atom. The Labute approximate surface area is 175 Å². The van der Waals surface area contributed by atoms with Gasteiger partial charge in [0, 0.05) is 23.8 Å². The lowest BCUT2D eigenvalue weighted by molar-refractivity contribution is -0.137. The summed E-state index contributed by atoms with van der Waals surface area (Å²) in [7, 11) is 0. The number of nitrogens with zero attached hydrogens (tertiary/aromatic N) is 2. The highest BCUT2D eigenvalue weighted by atomic mass is 32.1. The van der Waals surface area contributed by atoms with Gasteiger partial charge < -0.3 is 9.47 Å². The van der Waals surface area contributed by atoms with Gasteiger partial charge in [-0.25, -0.2) is 9.78 Å². The van der Waals surface area contributed by atoms with Crippen LogP contribution in [0.2, 0.25) is 0 Å². The molecule has 1 aromatic carbocycles. The SMILES string of the molecule is Cc1cncc(CCCOC(=O)/C=C/c2cccc(OCc3csc(C)n3)c2)c1. The Balaban J connectivity index is 1.42. The topological polar surface area (TPSA) is 61.3 Å². The molecule has 0 aliphatic carbocycles. The number of thiazole rings is 1. The van der Waals surface area contributed by atoms with Gasteiger partial charge in [0.1, 0.15) is 12.4 Å². The van der Waals surface area contributed by atoms with Crippen molar-refractivity contribution >= 4 is 23.4 Å². The summed E-state index contributed by atoms with van der Waals surface area (Å²) in [6, 6.07) is 9.67. The lowest BCUT2D eigenvalue weighted by Crippen LogP contribution is -2.03. The maximum Gasteiger partial charge on any atom is 0.330 e. The highest BCUT2D eigenvalue weighted by Crippen LogP contribution is 2.17. The van der Waals surface area contributed by atoms with Crippen LogP contribution in [-0.4, -0.2) is 22.5 Å². The predicted octanol–water partition coefficient (Wildman–Crippen LogP) is 4.92. The summed E-state index contributed by atoms with van der Waals surface area (Å²) in [6.07, 6.45) is 8.45. The zero-order valence-electron chi connectivity index (χ0n) is 16.6. The quantitative estimate of drug-likeness (QED) is 0.286. The summed E-state index contributed by atoms with van der Waals surface area (Å²) >= 11 is 1.60. The van der Waals surface area contributed by atoms with E-state index in [2.05, 4.69) is 16.0 Å². The fourth-order valence-corrected chi connectivity index (χ4v) is 3.35. The third kappa shape index (κ3) is 7.16. The Morgan fingerprint density at radius 3 is 2.90 bits per heavy atom. The minimum atomic E-state index is -0.350. The van der Waals surface area contributed by atoms with Crippen LogP contribution in [0.3, 0.4) is 0 Å². The fraction of sp³-hybridized carbons (Fsp3) is 0.261. The number of aromatic nitrogens is 2. The van der Waals surface area contributed by atoms with E-state index in [1.54, 1.807) is 17.4 Å². The predicted molar refractivity (Wildman–Crippen MR) is 115 cm³/mol. The summed E-state index contributed by atoms with van der Waals surface area (Å²) in [5.41, 5.74) is 4.08. The van der Waals surface area contributed by atoms with Gasteiger partial charge in [-0.2, -0.15) is 0 Å². The second-order valence-corrected chi connectivity index (χ2v) is 7.76. The van der Waals surface area contributed by atoms with Crippen LogP contribution in [0.25, 0.3) is 6.08 Å². The summed E-state index contributed by atoms with van der Waals surface area (Å²) in [5.74, 6) is 0.384. The number of benzene rings is 1. The first-order chi connectivity index (χ1) is 14.1. The molecule has 6 heteroatoms. The first kappa shape index (κ1) is 20.7. The van der Waals surface area contributed by atoms with Gasteiger partial charge in [0.05, 0.1) is 17.3 Å². The maximum atomic E-state index is 11.9. The molecule has 3 aromatic rings. The molecule has 0 unspecified atom stereocenters. The van der Waals surface area contributed by atoms with E-state index in [4.69, 9.17) is 9.47 Å². The number of carbonyl (C=O) groups excluding carboxylic acids is 1. The minimum absolute atomic E-state index is 0.350. The molecule has 0 fully saturated rings. The normalized spacial score (nSPS) is 11.0. The van der Waals surface area contributed by atoms with E-state index in [-0.39, 0.29) is 5.97 Å². The number of esters is 1. The second-order valence-electron chi connectivity index (χ2n) is 6.69. The minimum Gasteiger partial charge on any atom is -0.487 e. The molecular weight excluding hydrogens is 384 g/mol. The molecule has 0 atom stereocenters. The molecule has 3 rings (SSSR count). The lowest BCUT2D eigenvalue weighted by Gasteiger charge is -2.05. The molecule has 0 spiro atoms. The molecule has 5 nitrogen and oxygen atoms in total. The number of ether oxygens (including phenoxy) is 2.